The third-order valence-corrected chi connectivity index (χ3v) is 4.77. The number of carbonyl (C=O) groups excluding carboxylic acids is 1. The number of nitrogens with zero attached hydrogens (tertiary/aromatic N) is 1. The first-order chi connectivity index (χ1) is 11.9. The van der Waals surface area contributed by atoms with Crippen LogP contribution in [0.15, 0.2) is 47.4 Å². The summed E-state index contributed by atoms with van der Waals surface area (Å²) in [6, 6.07) is 13.0. The van der Waals surface area contributed by atoms with Crippen LogP contribution >= 0.6 is 11.9 Å². The van der Waals surface area contributed by atoms with Crippen molar-refractivity contribution >= 4 is 23.6 Å². The summed E-state index contributed by atoms with van der Waals surface area (Å²) in [5, 5.41) is 0. The van der Waals surface area contributed by atoms with Crippen LogP contribution < -0.4 is 4.31 Å². The molecule has 0 N–H and O–H groups in total. The summed E-state index contributed by atoms with van der Waals surface area (Å²) in [4.78, 5) is 12.5. The second kappa shape index (κ2) is 8.90. The first kappa shape index (κ1) is 19.3. The summed E-state index contributed by atoms with van der Waals surface area (Å²) in [6.45, 7) is 7.26. The van der Waals surface area contributed by atoms with Crippen molar-refractivity contribution < 1.29 is 13.9 Å². The summed E-state index contributed by atoms with van der Waals surface area (Å²) in [6.07, 6.45) is 0.998. The van der Waals surface area contributed by atoms with Gasteiger partial charge in [0.25, 0.3) is 0 Å². The second-order valence-corrected chi connectivity index (χ2v) is 7.29. The summed E-state index contributed by atoms with van der Waals surface area (Å²) in [5.41, 5.74) is 2.33. The molecule has 0 fully saturated rings. The van der Waals surface area contributed by atoms with Crippen molar-refractivity contribution in [2.45, 2.75) is 32.1 Å². The van der Waals surface area contributed by atoms with Gasteiger partial charge in [-0.15, -0.1) is 0 Å². The van der Waals surface area contributed by atoms with E-state index in [9.17, 15) is 9.18 Å². The average molecular weight is 361 g/mol. The van der Waals surface area contributed by atoms with E-state index in [0.717, 1.165) is 23.5 Å². The van der Waals surface area contributed by atoms with E-state index >= 15 is 0 Å². The molecule has 0 aliphatic heterocycles. The molecule has 0 saturated carbocycles. The molecule has 0 bridgehead atoms. The molecule has 0 unspecified atom stereocenters. The molecule has 0 aromatic heterocycles. The molecule has 3 nitrogen and oxygen atoms in total. The summed E-state index contributed by atoms with van der Waals surface area (Å²) in [7, 11) is 1.25. The lowest BCUT2D eigenvalue weighted by molar-refractivity contribution is 0.0595. The van der Waals surface area contributed by atoms with Crippen molar-refractivity contribution in [3.8, 4) is 0 Å². The number of carbonyl (C=O) groups is 1. The third-order valence-electron chi connectivity index (χ3n) is 3.72. The number of hydrogen-bond donors (Lipinski definition) is 0. The molecule has 0 saturated heterocycles. The maximum absolute atomic E-state index is 13.8. The van der Waals surface area contributed by atoms with Gasteiger partial charge in [0.05, 0.1) is 12.7 Å². The van der Waals surface area contributed by atoms with Crippen molar-refractivity contribution in [2.24, 2.45) is 5.92 Å². The zero-order valence-electron chi connectivity index (χ0n) is 15.1. The third kappa shape index (κ3) is 5.23. The number of rotatable bonds is 7. The quantitative estimate of drug-likeness (QED) is 0.491. The molecule has 0 amide bonds. The lowest BCUT2D eigenvalue weighted by Gasteiger charge is -2.25. The van der Waals surface area contributed by atoms with E-state index in [-0.39, 0.29) is 5.56 Å². The summed E-state index contributed by atoms with van der Waals surface area (Å²) >= 11 is 1.49. The zero-order chi connectivity index (χ0) is 18.4. The Kier molecular flexibility index (Phi) is 6.88. The van der Waals surface area contributed by atoms with Gasteiger partial charge in [-0.05, 0) is 60.2 Å². The standard InChI is InChI=1S/C20H24FNO2S/c1-5-15-6-8-16(9-7-15)22(13-14(2)3)25-17-10-11-19(21)18(12-17)20(23)24-4/h6-12,14H,5,13H2,1-4H3. The number of benzene rings is 2. The van der Waals surface area contributed by atoms with Crippen molar-refractivity contribution in [1.82, 2.24) is 0 Å². The lowest BCUT2D eigenvalue weighted by atomic mass is 10.1. The molecule has 0 atom stereocenters. The molecular weight excluding hydrogens is 337 g/mol. The largest absolute Gasteiger partial charge is 0.465 e. The number of methoxy groups -OCH3 is 1. The van der Waals surface area contributed by atoms with Gasteiger partial charge in [-0.2, -0.15) is 0 Å². The van der Waals surface area contributed by atoms with Crippen LogP contribution in [0.4, 0.5) is 10.1 Å². The van der Waals surface area contributed by atoms with Gasteiger partial charge in [0.2, 0.25) is 0 Å². The Morgan fingerprint density at radius 3 is 2.44 bits per heavy atom. The van der Waals surface area contributed by atoms with Crippen molar-refractivity contribution in [2.75, 3.05) is 18.0 Å². The van der Waals surface area contributed by atoms with Crippen molar-refractivity contribution in [3.63, 3.8) is 0 Å². The van der Waals surface area contributed by atoms with Crippen molar-refractivity contribution in [1.29, 1.82) is 0 Å². The Hall–Kier alpha value is -2.01. The highest BCUT2D eigenvalue weighted by atomic mass is 32.2. The van der Waals surface area contributed by atoms with Gasteiger partial charge in [-0.3, -0.25) is 0 Å². The predicted octanol–water partition coefficient (Wildman–Crippen LogP) is 5.34. The Morgan fingerprint density at radius 2 is 1.88 bits per heavy atom. The molecule has 5 heteroatoms. The van der Waals surface area contributed by atoms with Gasteiger partial charge >= 0.3 is 5.97 Å². The molecule has 2 rings (SSSR count). The van der Waals surface area contributed by atoms with Crippen LogP contribution in [0.2, 0.25) is 0 Å². The molecule has 2 aromatic rings. The van der Waals surface area contributed by atoms with Crippen LogP contribution in [0.5, 0.6) is 0 Å². The molecule has 0 aliphatic rings. The minimum atomic E-state index is -0.664. The van der Waals surface area contributed by atoms with Gasteiger partial charge in [0.1, 0.15) is 5.82 Å². The van der Waals surface area contributed by atoms with E-state index < -0.39 is 11.8 Å². The number of halogens is 1. The minimum Gasteiger partial charge on any atom is -0.465 e. The predicted molar refractivity (Wildman–Crippen MR) is 102 cm³/mol. The summed E-state index contributed by atoms with van der Waals surface area (Å²) < 4.78 is 20.7. The Morgan fingerprint density at radius 1 is 1.20 bits per heavy atom. The first-order valence-electron chi connectivity index (χ1n) is 8.37. The molecule has 2 aromatic carbocycles. The van der Waals surface area contributed by atoms with E-state index in [1.54, 1.807) is 12.1 Å². The van der Waals surface area contributed by atoms with Crippen LogP contribution in [0.3, 0.4) is 0 Å². The van der Waals surface area contributed by atoms with Gasteiger partial charge in [-0.1, -0.05) is 32.9 Å². The maximum Gasteiger partial charge on any atom is 0.340 e. The molecular formula is C20H24FNO2S. The zero-order valence-corrected chi connectivity index (χ0v) is 15.9. The number of esters is 1. The number of ether oxygens (including phenoxy) is 1. The Balaban J connectivity index is 2.28. The normalized spacial score (nSPS) is 10.8. The molecule has 134 valence electrons. The Bertz CT molecular complexity index is 716. The van der Waals surface area contributed by atoms with Gasteiger partial charge in [0, 0.05) is 17.1 Å². The fourth-order valence-electron chi connectivity index (χ4n) is 2.38. The average Bonchev–Trinajstić information content (AvgIpc) is 2.61. The minimum absolute atomic E-state index is 0.0432. The van der Waals surface area contributed by atoms with Crippen LogP contribution in [0, 0.1) is 11.7 Å². The van der Waals surface area contributed by atoms with E-state index in [4.69, 9.17) is 0 Å². The highest BCUT2D eigenvalue weighted by molar-refractivity contribution is 8.00. The fourth-order valence-corrected chi connectivity index (χ4v) is 3.53. The smallest absolute Gasteiger partial charge is 0.340 e. The van der Waals surface area contributed by atoms with E-state index in [2.05, 4.69) is 54.1 Å². The number of hydrogen-bond acceptors (Lipinski definition) is 4. The van der Waals surface area contributed by atoms with E-state index in [0.29, 0.717) is 5.92 Å². The van der Waals surface area contributed by atoms with Gasteiger partial charge in [0.15, 0.2) is 0 Å². The molecule has 0 radical (unpaired) electrons. The van der Waals surface area contributed by atoms with Crippen LogP contribution in [0.25, 0.3) is 0 Å². The van der Waals surface area contributed by atoms with E-state index in [1.165, 1.54) is 30.7 Å². The first-order valence-corrected chi connectivity index (χ1v) is 9.14. The van der Waals surface area contributed by atoms with Crippen LogP contribution in [0.1, 0.15) is 36.7 Å². The monoisotopic (exact) mass is 361 g/mol. The highest BCUT2D eigenvalue weighted by Crippen LogP contribution is 2.31. The van der Waals surface area contributed by atoms with Crippen LogP contribution in [-0.2, 0) is 11.2 Å². The molecule has 0 heterocycles. The van der Waals surface area contributed by atoms with Gasteiger partial charge in [-0.25, -0.2) is 9.18 Å². The topological polar surface area (TPSA) is 29.5 Å². The van der Waals surface area contributed by atoms with Crippen LogP contribution in [-0.4, -0.2) is 19.6 Å². The molecule has 0 aliphatic carbocycles. The maximum atomic E-state index is 13.8. The molecule has 0 spiro atoms. The lowest BCUT2D eigenvalue weighted by Crippen LogP contribution is -2.20. The van der Waals surface area contributed by atoms with E-state index in [1.807, 2.05) is 0 Å². The van der Waals surface area contributed by atoms with Crippen molar-refractivity contribution in [3.05, 3.63) is 59.4 Å². The number of anilines is 1. The summed E-state index contributed by atoms with van der Waals surface area (Å²) in [5.74, 6) is -0.777. The number of aryl methyl sites for hydroxylation is 1. The molecule has 25 heavy (non-hydrogen) atoms. The fraction of sp³-hybridized carbons (Fsp3) is 0.350. The SMILES string of the molecule is CCc1ccc(N(CC(C)C)Sc2ccc(F)c(C(=O)OC)c2)cc1. The second-order valence-electron chi connectivity index (χ2n) is 6.20. The van der Waals surface area contributed by atoms with Gasteiger partial charge < -0.3 is 9.04 Å². The Labute approximate surface area is 153 Å². The highest BCUT2D eigenvalue weighted by Gasteiger charge is 2.16.